The Balaban J connectivity index is 2.02. The smallest absolute Gasteiger partial charge is 0.123 e. The summed E-state index contributed by atoms with van der Waals surface area (Å²) >= 11 is 0. The van der Waals surface area contributed by atoms with Crippen molar-refractivity contribution >= 4 is 10.9 Å². The summed E-state index contributed by atoms with van der Waals surface area (Å²) in [6.45, 7) is 0. The Kier molecular flexibility index (Phi) is 2.04. The lowest BCUT2D eigenvalue weighted by molar-refractivity contribution is 0.391. The van der Waals surface area contributed by atoms with Crippen molar-refractivity contribution in [1.82, 2.24) is 9.88 Å². The summed E-state index contributed by atoms with van der Waals surface area (Å²) in [6.07, 6.45) is 3.20. The van der Waals surface area contributed by atoms with Crippen molar-refractivity contribution in [1.29, 1.82) is 0 Å². The first-order valence-electron chi connectivity index (χ1n) is 5.60. The van der Waals surface area contributed by atoms with Crippen LogP contribution in [0.1, 0.15) is 17.9 Å². The molecule has 84 valence electrons. The van der Waals surface area contributed by atoms with Gasteiger partial charge in [-0.3, -0.25) is 0 Å². The second-order valence-corrected chi connectivity index (χ2v) is 4.81. The third kappa shape index (κ3) is 1.43. The number of benzene rings is 1. The van der Waals surface area contributed by atoms with Gasteiger partial charge in [-0.25, -0.2) is 4.39 Å². The number of nitrogens with one attached hydrogen (secondary N) is 1. The number of halogens is 1. The van der Waals surface area contributed by atoms with E-state index >= 15 is 0 Å². The van der Waals surface area contributed by atoms with Crippen LogP contribution in [0.5, 0.6) is 0 Å². The quantitative estimate of drug-likeness (QED) is 0.821. The van der Waals surface area contributed by atoms with Gasteiger partial charge in [0.05, 0.1) is 0 Å². The minimum absolute atomic E-state index is 0.157. The molecule has 1 aliphatic rings. The van der Waals surface area contributed by atoms with Crippen LogP contribution in [0.3, 0.4) is 0 Å². The second kappa shape index (κ2) is 3.32. The molecule has 1 N–H and O–H groups in total. The summed E-state index contributed by atoms with van der Waals surface area (Å²) in [4.78, 5) is 5.45. The van der Waals surface area contributed by atoms with E-state index in [9.17, 15) is 4.39 Å². The maximum Gasteiger partial charge on any atom is 0.123 e. The first kappa shape index (κ1) is 9.85. The largest absolute Gasteiger partial charge is 0.361 e. The minimum atomic E-state index is -0.157. The third-order valence-corrected chi connectivity index (χ3v) is 3.50. The van der Waals surface area contributed by atoms with Gasteiger partial charge in [-0.05, 0) is 44.3 Å². The lowest BCUT2D eigenvalue weighted by Gasteiger charge is -2.07. The van der Waals surface area contributed by atoms with E-state index in [1.54, 1.807) is 12.1 Å². The number of likely N-dealkylation sites (N-methyl/N-ethyl adjacent to an activating group) is 1. The summed E-state index contributed by atoms with van der Waals surface area (Å²) < 4.78 is 13.2. The van der Waals surface area contributed by atoms with Crippen LogP contribution in [-0.2, 0) is 0 Å². The zero-order valence-corrected chi connectivity index (χ0v) is 9.50. The molecule has 1 saturated carbocycles. The average Bonchev–Trinajstić information content (AvgIpc) is 2.93. The van der Waals surface area contributed by atoms with Crippen molar-refractivity contribution in [2.45, 2.75) is 18.4 Å². The Morgan fingerprint density at radius 3 is 2.88 bits per heavy atom. The molecular weight excluding hydrogens is 203 g/mol. The molecule has 1 aromatic heterocycles. The van der Waals surface area contributed by atoms with Crippen LogP contribution in [0.15, 0.2) is 24.4 Å². The number of H-pyrrole nitrogens is 1. The number of rotatable bonds is 2. The summed E-state index contributed by atoms with van der Waals surface area (Å²) in [5.74, 6) is 0.404. The Hall–Kier alpha value is -1.35. The van der Waals surface area contributed by atoms with Crippen LogP contribution in [0, 0.1) is 5.82 Å². The molecule has 1 aliphatic carbocycles. The van der Waals surface area contributed by atoms with Gasteiger partial charge < -0.3 is 9.88 Å². The van der Waals surface area contributed by atoms with Crippen molar-refractivity contribution in [3.8, 4) is 0 Å². The van der Waals surface area contributed by atoms with E-state index in [-0.39, 0.29) is 5.82 Å². The predicted molar refractivity (Wildman–Crippen MR) is 63.1 cm³/mol. The Bertz CT molecular complexity index is 530. The number of hydrogen-bond donors (Lipinski definition) is 1. The van der Waals surface area contributed by atoms with E-state index in [1.807, 2.05) is 6.20 Å². The topological polar surface area (TPSA) is 19.0 Å². The molecule has 1 heterocycles. The fourth-order valence-corrected chi connectivity index (χ4v) is 2.51. The number of nitrogens with zero attached hydrogens (tertiary/aromatic N) is 1. The van der Waals surface area contributed by atoms with Crippen molar-refractivity contribution in [2.24, 2.45) is 0 Å². The highest BCUT2D eigenvalue weighted by Crippen LogP contribution is 2.46. The molecular formula is C13H15FN2. The molecule has 0 saturated heterocycles. The fraction of sp³-hybridized carbons (Fsp3) is 0.385. The van der Waals surface area contributed by atoms with Crippen LogP contribution in [-0.4, -0.2) is 30.0 Å². The number of fused-ring (bicyclic) bond motifs is 1. The molecule has 1 aromatic carbocycles. The minimum Gasteiger partial charge on any atom is -0.361 e. The van der Waals surface area contributed by atoms with Crippen molar-refractivity contribution in [2.75, 3.05) is 14.1 Å². The molecule has 0 bridgehead atoms. The van der Waals surface area contributed by atoms with Gasteiger partial charge in [-0.15, -0.1) is 0 Å². The maximum atomic E-state index is 13.2. The SMILES string of the molecule is CN(C)[C@@H]1C[C@@H]1c1c[nH]c2ccc(F)cc12. The van der Waals surface area contributed by atoms with E-state index in [0.29, 0.717) is 12.0 Å². The normalized spacial score (nSPS) is 24.2. The molecule has 0 spiro atoms. The molecule has 0 aliphatic heterocycles. The van der Waals surface area contributed by atoms with Crippen LogP contribution in [0.4, 0.5) is 4.39 Å². The lowest BCUT2D eigenvalue weighted by Crippen LogP contribution is -2.15. The molecule has 3 heteroatoms. The third-order valence-electron chi connectivity index (χ3n) is 3.50. The molecule has 0 radical (unpaired) electrons. The van der Waals surface area contributed by atoms with Gasteiger partial charge in [-0.2, -0.15) is 0 Å². The number of aromatic nitrogens is 1. The molecule has 2 aromatic rings. The Labute approximate surface area is 94.1 Å². The monoisotopic (exact) mass is 218 g/mol. The van der Waals surface area contributed by atoms with Gasteiger partial charge in [0.25, 0.3) is 0 Å². The van der Waals surface area contributed by atoms with Crippen molar-refractivity contribution in [3.63, 3.8) is 0 Å². The summed E-state index contributed by atoms with van der Waals surface area (Å²) in [6, 6.07) is 5.55. The summed E-state index contributed by atoms with van der Waals surface area (Å²) in [5.41, 5.74) is 2.29. The van der Waals surface area contributed by atoms with E-state index in [0.717, 1.165) is 10.9 Å². The zero-order valence-electron chi connectivity index (χ0n) is 9.50. The fourth-order valence-electron chi connectivity index (χ4n) is 2.51. The number of aromatic amines is 1. The van der Waals surface area contributed by atoms with E-state index in [2.05, 4.69) is 24.0 Å². The van der Waals surface area contributed by atoms with Crippen LogP contribution < -0.4 is 0 Å². The van der Waals surface area contributed by atoms with Gasteiger partial charge in [0.15, 0.2) is 0 Å². The van der Waals surface area contributed by atoms with E-state index in [1.165, 1.54) is 18.1 Å². The van der Waals surface area contributed by atoms with Crippen LogP contribution in [0.2, 0.25) is 0 Å². The average molecular weight is 218 g/mol. The maximum absolute atomic E-state index is 13.2. The van der Waals surface area contributed by atoms with Crippen molar-refractivity contribution < 1.29 is 4.39 Å². The van der Waals surface area contributed by atoms with Gasteiger partial charge in [-0.1, -0.05) is 0 Å². The highest BCUT2D eigenvalue weighted by Gasteiger charge is 2.41. The molecule has 16 heavy (non-hydrogen) atoms. The highest BCUT2D eigenvalue weighted by atomic mass is 19.1. The predicted octanol–water partition coefficient (Wildman–Crippen LogP) is 2.72. The first-order valence-corrected chi connectivity index (χ1v) is 5.60. The molecule has 1 fully saturated rings. The molecule has 2 atom stereocenters. The van der Waals surface area contributed by atoms with Gasteiger partial charge >= 0.3 is 0 Å². The van der Waals surface area contributed by atoms with Gasteiger partial charge in [0.2, 0.25) is 0 Å². The first-order chi connectivity index (χ1) is 7.66. The Morgan fingerprint density at radius 1 is 1.38 bits per heavy atom. The van der Waals surface area contributed by atoms with E-state index in [4.69, 9.17) is 0 Å². The highest BCUT2D eigenvalue weighted by molar-refractivity contribution is 5.84. The molecule has 0 unspecified atom stereocenters. The van der Waals surface area contributed by atoms with Crippen molar-refractivity contribution in [3.05, 3.63) is 35.8 Å². The summed E-state index contributed by atoms with van der Waals surface area (Å²) in [7, 11) is 4.19. The Morgan fingerprint density at radius 2 is 2.19 bits per heavy atom. The molecule has 3 rings (SSSR count). The number of hydrogen-bond acceptors (Lipinski definition) is 1. The molecule has 0 amide bonds. The molecule has 2 nitrogen and oxygen atoms in total. The lowest BCUT2D eigenvalue weighted by atomic mass is 10.1. The van der Waals surface area contributed by atoms with Gasteiger partial charge in [0, 0.05) is 29.1 Å². The zero-order chi connectivity index (χ0) is 11.3. The van der Waals surface area contributed by atoms with Crippen LogP contribution in [0.25, 0.3) is 10.9 Å². The van der Waals surface area contributed by atoms with E-state index < -0.39 is 0 Å². The van der Waals surface area contributed by atoms with Gasteiger partial charge in [0.1, 0.15) is 5.82 Å². The standard InChI is InChI=1S/C13H15FN2/c1-16(2)13-6-10(13)11-7-15-12-4-3-8(14)5-9(11)12/h3-5,7,10,13,15H,6H2,1-2H3/t10-,13-/m1/s1. The van der Waals surface area contributed by atoms with Crippen LogP contribution >= 0.6 is 0 Å². The second-order valence-electron chi connectivity index (χ2n) is 4.81. The summed E-state index contributed by atoms with van der Waals surface area (Å²) in [5, 5.41) is 1.04.